The molecule has 3 aromatic rings. The van der Waals surface area contributed by atoms with Crippen LogP contribution in [0.15, 0.2) is 60.1 Å². The van der Waals surface area contributed by atoms with Crippen molar-refractivity contribution in [3.05, 3.63) is 65.8 Å². The fourth-order valence-electron chi connectivity index (χ4n) is 2.93. The van der Waals surface area contributed by atoms with Gasteiger partial charge in [0.1, 0.15) is 16.5 Å². The molecule has 3 heterocycles. The van der Waals surface area contributed by atoms with Crippen LogP contribution in [-0.4, -0.2) is 47.0 Å². The van der Waals surface area contributed by atoms with Gasteiger partial charge in [0.05, 0.1) is 0 Å². The topological polar surface area (TPSA) is 49.3 Å². The van der Waals surface area contributed by atoms with Crippen molar-refractivity contribution >= 4 is 23.1 Å². The molecular formula is C19H18N4OS. The minimum absolute atomic E-state index is 0.0131. The first-order valence-electron chi connectivity index (χ1n) is 8.27. The molecule has 0 spiro atoms. The van der Waals surface area contributed by atoms with E-state index >= 15 is 0 Å². The highest BCUT2D eigenvalue weighted by atomic mass is 32.1. The number of hydrogen-bond donors (Lipinski definition) is 0. The van der Waals surface area contributed by atoms with Crippen LogP contribution in [-0.2, 0) is 0 Å². The number of piperazine rings is 1. The number of amides is 1. The van der Waals surface area contributed by atoms with Crippen molar-refractivity contribution in [3.63, 3.8) is 0 Å². The van der Waals surface area contributed by atoms with Crippen LogP contribution in [0, 0.1) is 0 Å². The predicted octanol–water partition coefficient (Wildman–Crippen LogP) is 3.17. The number of anilines is 1. The van der Waals surface area contributed by atoms with Gasteiger partial charge in [-0.2, -0.15) is 0 Å². The molecule has 0 unspecified atom stereocenters. The lowest BCUT2D eigenvalue weighted by Gasteiger charge is -2.35. The maximum Gasteiger partial charge on any atom is 0.273 e. The van der Waals surface area contributed by atoms with Crippen LogP contribution in [0.4, 0.5) is 5.82 Å². The third-order valence-corrected chi connectivity index (χ3v) is 5.18. The van der Waals surface area contributed by atoms with Gasteiger partial charge in [0.25, 0.3) is 5.91 Å². The molecular weight excluding hydrogens is 332 g/mol. The second kappa shape index (κ2) is 7.03. The van der Waals surface area contributed by atoms with Crippen molar-refractivity contribution in [1.82, 2.24) is 14.9 Å². The van der Waals surface area contributed by atoms with E-state index in [4.69, 9.17) is 0 Å². The van der Waals surface area contributed by atoms with Gasteiger partial charge in [-0.3, -0.25) is 4.79 Å². The van der Waals surface area contributed by atoms with E-state index < -0.39 is 0 Å². The second-order valence-corrected chi connectivity index (χ2v) is 6.73. The Labute approximate surface area is 150 Å². The average molecular weight is 350 g/mol. The zero-order valence-electron chi connectivity index (χ0n) is 13.7. The van der Waals surface area contributed by atoms with E-state index in [0.717, 1.165) is 29.5 Å². The molecule has 25 heavy (non-hydrogen) atoms. The Balaban J connectivity index is 1.42. The van der Waals surface area contributed by atoms with Crippen LogP contribution in [0.3, 0.4) is 0 Å². The number of thiazole rings is 1. The highest BCUT2D eigenvalue weighted by molar-refractivity contribution is 7.13. The maximum atomic E-state index is 12.7. The van der Waals surface area contributed by atoms with Gasteiger partial charge in [0.15, 0.2) is 0 Å². The quantitative estimate of drug-likeness (QED) is 0.728. The zero-order valence-corrected chi connectivity index (χ0v) is 14.5. The fraction of sp³-hybridized carbons (Fsp3) is 0.211. The van der Waals surface area contributed by atoms with Crippen molar-refractivity contribution in [2.45, 2.75) is 0 Å². The number of rotatable bonds is 3. The molecule has 1 aliphatic rings. The van der Waals surface area contributed by atoms with E-state index in [0.29, 0.717) is 18.8 Å². The van der Waals surface area contributed by atoms with Crippen molar-refractivity contribution in [1.29, 1.82) is 0 Å². The Morgan fingerprint density at radius 1 is 0.960 bits per heavy atom. The molecule has 1 amide bonds. The molecule has 6 heteroatoms. The fourth-order valence-corrected chi connectivity index (χ4v) is 3.73. The summed E-state index contributed by atoms with van der Waals surface area (Å²) in [6.07, 6.45) is 1.80. The van der Waals surface area contributed by atoms with E-state index in [-0.39, 0.29) is 5.91 Å². The number of carbonyl (C=O) groups excluding carboxylic acids is 1. The lowest BCUT2D eigenvalue weighted by atomic mass is 10.2. The van der Waals surface area contributed by atoms with E-state index in [1.807, 2.05) is 58.8 Å². The van der Waals surface area contributed by atoms with Gasteiger partial charge in [0.2, 0.25) is 0 Å². The van der Waals surface area contributed by atoms with Crippen LogP contribution >= 0.6 is 11.3 Å². The van der Waals surface area contributed by atoms with Crippen LogP contribution in [0.2, 0.25) is 0 Å². The van der Waals surface area contributed by atoms with E-state index in [1.165, 1.54) is 11.3 Å². The average Bonchev–Trinajstić information content (AvgIpc) is 3.19. The number of carbonyl (C=O) groups is 1. The highest BCUT2D eigenvalue weighted by Gasteiger charge is 2.24. The number of aromatic nitrogens is 2. The summed E-state index contributed by atoms with van der Waals surface area (Å²) in [4.78, 5) is 25.7. The predicted molar refractivity (Wildman–Crippen MR) is 99.9 cm³/mol. The number of pyridine rings is 1. The first kappa shape index (κ1) is 15.8. The Bertz CT molecular complexity index is 842. The molecule has 0 atom stereocenters. The smallest absolute Gasteiger partial charge is 0.273 e. The third kappa shape index (κ3) is 3.39. The van der Waals surface area contributed by atoms with Gasteiger partial charge in [0, 0.05) is 43.3 Å². The van der Waals surface area contributed by atoms with Crippen molar-refractivity contribution in [3.8, 4) is 10.6 Å². The molecule has 1 fully saturated rings. The van der Waals surface area contributed by atoms with E-state index in [2.05, 4.69) is 14.9 Å². The van der Waals surface area contributed by atoms with Crippen LogP contribution in [0.1, 0.15) is 10.5 Å². The van der Waals surface area contributed by atoms with Gasteiger partial charge >= 0.3 is 0 Å². The largest absolute Gasteiger partial charge is 0.353 e. The molecule has 1 saturated heterocycles. The Kier molecular flexibility index (Phi) is 4.43. The summed E-state index contributed by atoms with van der Waals surface area (Å²) >= 11 is 1.51. The molecule has 4 rings (SSSR count). The van der Waals surface area contributed by atoms with Crippen molar-refractivity contribution in [2.75, 3.05) is 31.1 Å². The molecule has 5 nitrogen and oxygen atoms in total. The van der Waals surface area contributed by atoms with Gasteiger partial charge in [-0.25, -0.2) is 9.97 Å². The van der Waals surface area contributed by atoms with Crippen LogP contribution < -0.4 is 4.90 Å². The number of benzene rings is 1. The monoisotopic (exact) mass is 350 g/mol. The first-order valence-corrected chi connectivity index (χ1v) is 9.15. The minimum atomic E-state index is 0.0131. The summed E-state index contributed by atoms with van der Waals surface area (Å²) in [7, 11) is 0. The van der Waals surface area contributed by atoms with Gasteiger partial charge in [-0.05, 0) is 12.1 Å². The molecule has 0 aliphatic carbocycles. The Morgan fingerprint density at radius 3 is 2.44 bits per heavy atom. The SMILES string of the molecule is O=C(c1csc(-c2ccccc2)n1)N1CCN(c2ccccn2)CC1. The molecule has 126 valence electrons. The number of hydrogen-bond acceptors (Lipinski definition) is 5. The van der Waals surface area contributed by atoms with Gasteiger partial charge in [-0.15, -0.1) is 11.3 Å². The summed E-state index contributed by atoms with van der Waals surface area (Å²) in [6.45, 7) is 2.96. The summed E-state index contributed by atoms with van der Waals surface area (Å²) in [5, 5.41) is 2.74. The van der Waals surface area contributed by atoms with Crippen molar-refractivity contribution in [2.24, 2.45) is 0 Å². The molecule has 2 aromatic heterocycles. The summed E-state index contributed by atoms with van der Waals surface area (Å²) in [5.41, 5.74) is 1.58. The second-order valence-electron chi connectivity index (χ2n) is 5.87. The molecule has 0 saturated carbocycles. The molecule has 0 radical (unpaired) electrons. The van der Waals surface area contributed by atoms with Crippen molar-refractivity contribution < 1.29 is 4.79 Å². The number of nitrogens with zero attached hydrogens (tertiary/aromatic N) is 4. The maximum absolute atomic E-state index is 12.7. The van der Waals surface area contributed by atoms with Crippen LogP contribution in [0.25, 0.3) is 10.6 Å². The minimum Gasteiger partial charge on any atom is -0.353 e. The lowest BCUT2D eigenvalue weighted by Crippen LogP contribution is -2.49. The van der Waals surface area contributed by atoms with Gasteiger partial charge in [-0.1, -0.05) is 36.4 Å². The first-order chi connectivity index (χ1) is 12.3. The lowest BCUT2D eigenvalue weighted by molar-refractivity contribution is 0.0741. The van der Waals surface area contributed by atoms with Crippen LogP contribution in [0.5, 0.6) is 0 Å². The van der Waals surface area contributed by atoms with E-state index in [1.54, 1.807) is 6.20 Å². The summed E-state index contributed by atoms with van der Waals surface area (Å²) in [5.74, 6) is 0.980. The zero-order chi connectivity index (χ0) is 17.1. The molecule has 0 bridgehead atoms. The van der Waals surface area contributed by atoms with E-state index in [9.17, 15) is 4.79 Å². The molecule has 1 aliphatic heterocycles. The normalized spacial score (nSPS) is 14.6. The Hall–Kier alpha value is -2.73. The molecule has 0 N–H and O–H groups in total. The summed E-state index contributed by atoms with van der Waals surface area (Å²) in [6, 6.07) is 15.9. The van der Waals surface area contributed by atoms with Gasteiger partial charge < -0.3 is 9.80 Å². The highest BCUT2D eigenvalue weighted by Crippen LogP contribution is 2.24. The summed E-state index contributed by atoms with van der Waals surface area (Å²) < 4.78 is 0. The standard InChI is InChI=1S/C19H18N4OS/c24-19(16-14-25-18(21-16)15-6-2-1-3-7-15)23-12-10-22(11-13-23)17-8-4-5-9-20-17/h1-9,14H,10-13H2. The molecule has 1 aromatic carbocycles. The Morgan fingerprint density at radius 2 is 1.72 bits per heavy atom. The third-order valence-electron chi connectivity index (χ3n) is 4.28.